The number of hydrogen-bond acceptors (Lipinski definition) is 4. The van der Waals surface area contributed by atoms with Gasteiger partial charge in [-0.3, -0.25) is 14.5 Å². The van der Waals surface area contributed by atoms with Crippen LogP contribution in [0, 0.1) is 0 Å². The second kappa shape index (κ2) is 8.64. The van der Waals surface area contributed by atoms with Crippen molar-refractivity contribution in [3.8, 4) is 0 Å². The van der Waals surface area contributed by atoms with Gasteiger partial charge in [0.15, 0.2) is 0 Å². The number of hydrogen-bond donors (Lipinski definition) is 2. The van der Waals surface area contributed by atoms with Gasteiger partial charge in [0.2, 0.25) is 0 Å². The number of morpholine rings is 1. The van der Waals surface area contributed by atoms with Gasteiger partial charge in [0.05, 0.1) is 12.7 Å². The smallest absolute Gasteiger partial charge is 0.309 e. The summed E-state index contributed by atoms with van der Waals surface area (Å²) in [4.78, 5) is 25.4. The zero-order valence-electron chi connectivity index (χ0n) is 13.7. The van der Waals surface area contributed by atoms with Crippen LogP contribution in [-0.4, -0.2) is 55.5 Å². The highest BCUT2D eigenvalue weighted by Crippen LogP contribution is 2.21. The summed E-state index contributed by atoms with van der Waals surface area (Å²) >= 11 is 0. The fourth-order valence-electron chi connectivity index (χ4n) is 2.51. The van der Waals surface area contributed by atoms with Crippen LogP contribution in [-0.2, 0) is 14.3 Å². The van der Waals surface area contributed by atoms with E-state index in [1.807, 2.05) is 32.0 Å². The summed E-state index contributed by atoms with van der Waals surface area (Å²) in [7, 11) is 0. The molecule has 0 radical (unpaired) electrons. The molecule has 2 amide bonds. The Morgan fingerprint density at radius 1 is 1.26 bits per heavy atom. The van der Waals surface area contributed by atoms with Crippen molar-refractivity contribution in [2.24, 2.45) is 0 Å². The van der Waals surface area contributed by atoms with E-state index in [2.05, 4.69) is 27.7 Å². The van der Waals surface area contributed by atoms with E-state index >= 15 is 0 Å². The molecule has 2 N–H and O–H groups in total. The summed E-state index contributed by atoms with van der Waals surface area (Å²) in [6.45, 7) is 7.08. The summed E-state index contributed by atoms with van der Waals surface area (Å²) in [5.41, 5.74) is 1.16. The Kier molecular flexibility index (Phi) is 6.55. The average Bonchev–Trinajstić information content (AvgIpc) is 2.55. The van der Waals surface area contributed by atoms with Crippen molar-refractivity contribution >= 4 is 11.8 Å². The van der Waals surface area contributed by atoms with Crippen molar-refractivity contribution in [2.45, 2.75) is 26.0 Å². The molecule has 0 aromatic heterocycles. The summed E-state index contributed by atoms with van der Waals surface area (Å²) < 4.78 is 5.81. The molecule has 0 spiro atoms. The van der Waals surface area contributed by atoms with Crippen LogP contribution in [0.3, 0.4) is 0 Å². The van der Waals surface area contributed by atoms with Gasteiger partial charge in [-0.25, -0.2) is 0 Å². The average molecular weight is 319 g/mol. The number of amides is 2. The lowest BCUT2D eigenvalue weighted by atomic mass is 10.1. The van der Waals surface area contributed by atoms with Gasteiger partial charge in [-0.05, 0) is 19.4 Å². The number of carbonyl (C=O) groups excluding carboxylic acids is 2. The summed E-state index contributed by atoms with van der Waals surface area (Å²) in [6, 6.07) is 10.1. The first-order valence-corrected chi connectivity index (χ1v) is 8.04. The van der Waals surface area contributed by atoms with E-state index in [0.717, 1.165) is 18.7 Å². The first-order valence-electron chi connectivity index (χ1n) is 8.04. The summed E-state index contributed by atoms with van der Waals surface area (Å²) in [6.07, 6.45) is 0.0601. The molecule has 2 rings (SSSR count). The Bertz CT molecular complexity index is 519. The third-order valence-corrected chi connectivity index (χ3v) is 3.66. The van der Waals surface area contributed by atoms with Crippen LogP contribution in [0.15, 0.2) is 30.3 Å². The van der Waals surface area contributed by atoms with Crippen molar-refractivity contribution in [3.63, 3.8) is 0 Å². The minimum Gasteiger partial charge on any atom is -0.371 e. The van der Waals surface area contributed by atoms with Crippen molar-refractivity contribution in [2.75, 3.05) is 32.8 Å². The van der Waals surface area contributed by atoms with Gasteiger partial charge in [-0.1, -0.05) is 30.3 Å². The third-order valence-electron chi connectivity index (χ3n) is 3.66. The Labute approximate surface area is 137 Å². The second-order valence-corrected chi connectivity index (χ2v) is 5.95. The zero-order chi connectivity index (χ0) is 16.7. The highest BCUT2D eigenvalue weighted by atomic mass is 16.5. The lowest BCUT2D eigenvalue weighted by molar-refractivity contribution is -0.139. The molecule has 0 unspecified atom stereocenters. The van der Waals surface area contributed by atoms with Gasteiger partial charge in [-0.2, -0.15) is 0 Å². The first-order chi connectivity index (χ1) is 11.1. The van der Waals surface area contributed by atoms with E-state index in [4.69, 9.17) is 4.74 Å². The van der Waals surface area contributed by atoms with Crippen LogP contribution >= 0.6 is 0 Å². The maximum Gasteiger partial charge on any atom is 0.309 e. The third kappa shape index (κ3) is 5.65. The van der Waals surface area contributed by atoms with Crippen LogP contribution in [0.25, 0.3) is 0 Å². The van der Waals surface area contributed by atoms with Crippen LogP contribution < -0.4 is 10.6 Å². The normalized spacial score (nSPS) is 18.7. The number of benzene rings is 1. The molecule has 1 atom stereocenters. The molecule has 1 aliphatic heterocycles. The molecule has 1 fully saturated rings. The molecular weight excluding hydrogens is 294 g/mol. The lowest BCUT2D eigenvalue weighted by Gasteiger charge is -2.33. The maximum atomic E-state index is 11.6. The van der Waals surface area contributed by atoms with Crippen LogP contribution in [0.2, 0.25) is 0 Å². The molecule has 0 aliphatic carbocycles. The number of carbonyl (C=O) groups is 2. The minimum absolute atomic E-state index is 0.0425. The Morgan fingerprint density at radius 3 is 2.70 bits per heavy atom. The summed E-state index contributed by atoms with van der Waals surface area (Å²) in [5, 5.41) is 5.23. The van der Waals surface area contributed by atoms with E-state index < -0.39 is 11.8 Å². The predicted molar refractivity (Wildman–Crippen MR) is 87.9 cm³/mol. The SMILES string of the molecule is CC(C)NC(=O)C(=O)NCCN1CCO[C@@H](c2ccccc2)C1. The maximum absolute atomic E-state index is 11.6. The molecule has 6 nitrogen and oxygen atoms in total. The molecular formula is C17H25N3O3. The van der Waals surface area contributed by atoms with E-state index in [-0.39, 0.29) is 12.1 Å². The van der Waals surface area contributed by atoms with Gasteiger partial charge < -0.3 is 15.4 Å². The molecule has 0 bridgehead atoms. The van der Waals surface area contributed by atoms with Gasteiger partial charge in [0.1, 0.15) is 0 Å². The second-order valence-electron chi connectivity index (χ2n) is 5.95. The standard InChI is InChI=1S/C17H25N3O3/c1-13(2)19-17(22)16(21)18-8-9-20-10-11-23-15(12-20)14-6-4-3-5-7-14/h3-7,13,15H,8-12H2,1-2H3,(H,18,21)(H,19,22)/t15-/m1/s1. The first kappa shape index (κ1) is 17.4. The number of rotatable bonds is 5. The van der Waals surface area contributed by atoms with Crippen molar-refractivity contribution in [1.82, 2.24) is 15.5 Å². The Morgan fingerprint density at radius 2 is 2.00 bits per heavy atom. The van der Waals surface area contributed by atoms with Crippen LogP contribution in [0.4, 0.5) is 0 Å². The highest BCUT2D eigenvalue weighted by Gasteiger charge is 2.22. The van der Waals surface area contributed by atoms with E-state index in [0.29, 0.717) is 19.7 Å². The molecule has 1 aromatic rings. The van der Waals surface area contributed by atoms with E-state index in [1.54, 1.807) is 0 Å². The Hall–Kier alpha value is -1.92. The molecule has 1 saturated heterocycles. The Balaban J connectivity index is 1.73. The number of ether oxygens (including phenoxy) is 1. The minimum atomic E-state index is -0.580. The monoisotopic (exact) mass is 319 g/mol. The molecule has 126 valence electrons. The van der Waals surface area contributed by atoms with Crippen molar-refractivity contribution in [1.29, 1.82) is 0 Å². The zero-order valence-corrected chi connectivity index (χ0v) is 13.7. The molecule has 0 saturated carbocycles. The van der Waals surface area contributed by atoms with E-state index in [9.17, 15) is 9.59 Å². The van der Waals surface area contributed by atoms with Gasteiger partial charge in [0, 0.05) is 32.2 Å². The molecule has 23 heavy (non-hydrogen) atoms. The quantitative estimate of drug-likeness (QED) is 0.784. The highest BCUT2D eigenvalue weighted by molar-refractivity contribution is 6.35. The van der Waals surface area contributed by atoms with E-state index in [1.165, 1.54) is 0 Å². The summed E-state index contributed by atoms with van der Waals surface area (Å²) in [5.74, 6) is -1.16. The fourth-order valence-corrected chi connectivity index (χ4v) is 2.51. The number of nitrogens with zero attached hydrogens (tertiary/aromatic N) is 1. The topological polar surface area (TPSA) is 70.7 Å². The molecule has 1 heterocycles. The van der Waals surface area contributed by atoms with Crippen LogP contribution in [0.1, 0.15) is 25.5 Å². The van der Waals surface area contributed by atoms with Gasteiger partial charge >= 0.3 is 11.8 Å². The van der Waals surface area contributed by atoms with Crippen molar-refractivity contribution < 1.29 is 14.3 Å². The molecule has 6 heteroatoms. The van der Waals surface area contributed by atoms with Crippen molar-refractivity contribution in [3.05, 3.63) is 35.9 Å². The lowest BCUT2D eigenvalue weighted by Crippen LogP contribution is -2.46. The van der Waals surface area contributed by atoms with Gasteiger partial charge in [0.25, 0.3) is 0 Å². The predicted octanol–water partition coefficient (Wildman–Crippen LogP) is 0.701. The van der Waals surface area contributed by atoms with Gasteiger partial charge in [-0.15, -0.1) is 0 Å². The van der Waals surface area contributed by atoms with Crippen LogP contribution in [0.5, 0.6) is 0 Å². The largest absolute Gasteiger partial charge is 0.371 e. The number of nitrogens with one attached hydrogen (secondary N) is 2. The molecule has 1 aliphatic rings. The fraction of sp³-hybridized carbons (Fsp3) is 0.529. The molecule has 1 aromatic carbocycles.